The molecule has 0 unspecified atom stereocenters. The highest BCUT2D eigenvalue weighted by atomic mass is 19.4. The Morgan fingerprint density at radius 3 is 2.26 bits per heavy atom. The van der Waals surface area contributed by atoms with Gasteiger partial charge in [0.1, 0.15) is 36.7 Å². The van der Waals surface area contributed by atoms with Crippen LogP contribution in [0.4, 0.5) is 13.2 Å². The molecule has 77 heavy (non-hydrogen) atoms. The Morgan fingerprint density at radius 2 is 1.56 bits per heavy atom. The minimum absolute atomic E-state index is 0.0176. The monoisotopic (exact) mass is 1100 g/mol. The van der Waals surface area contributed by atoms with Crippen molar-refractivity contribution in [3.8, 4) is 0 Å². The van der Waals surface area contributed by atoms with Gasteiger partial charge < -0.3 is 58.1 Å². The van der Waals surface area contributed by atoms with Crippen molar-refractivity contribution in [2.75, 3.05) is 67.0 Å². The molecule has 4 aliphatic rings. The number of Topliss-reactive ketones (excluding diaryl/α,β-unsaturated/α-hetero) is 3. The van der Waals surface area contributed by atoms with Crippen molar-refractivity contribution in [1.82, 2.24) is 4.90 Å². The van der Waals surface area contributed by atoms with E-state index in [4.69, 9.17) is 33.2 Å². The van der Waals surface area contributed by atoms with E-state index in [2.05, 4.69) is 4.74 Å². The van der Waals surface area contributed by atoms with E-state index in [1.54, 1.807) is 53.0 Å². The number of carbonyl (C=O) groups excluding carboxylic acids is 5. The molecule has 20 heteroatoms. The van der Waals surface area contributed by atoms with Crippen LogP contribution < -0.4 is 0 Å². The number of nitrogens with zero attached hydrogens (tertiary/aromatic N) is 1. The van der Waals surface area contributed by atoms with Crippen LogP contribution in [0.3, 0.4) is 0 Å². The zero-order chi connectivity index (χ0) is 56.9. The number of aliphatic hydroxyl groups is 3. The zero-order valence-electron chi connectivity index (χ0n) is 46.5. The highest BCUT2D eigenvalue weighted by Crippen LogP contribution is 2.38. The lowest BCUT2D eigenvalue weighted by Crippen LogP contribution is -2.61. The fourth-order valence-corrected chi connectivity index (χ4v) is 10.7. The van der Waals surface area contributed by atoms with Crippen LogP contribution in [-0.2, 0) is 61.9 Å². The highest BCUT2D eigenvalue weighted by molar-refractivity contribution is 6.39. The first-order valence-electron chi connectivity index (χ1n) is 27.6. The van der Waals surface area contributed by atoms with Crippen LogP contribution in [0.2, 0.25) is 0 Å². The summed E-state index contributed by atoms with van der Waals surface area (Å²) in [7, 11) is 2.95. The number of cyclic esters (lactones) is 1. The Bertz CT molecular complexity index is 2010. The molecule has 2 bridgehead atoms. The number of aliphatic hydroxyl groups excluding tert-OH is 2. The average molecular weight is 1100 g/mol. The van der Waals surface area contributed by atoms with E-state index in [0.717, 1.165) is 16.9 Å². The number of amides is 1. The molecule has 1 aliphatic carbocycles. The Morgan fingerprint density at radius 1 is 0.831 bits per heavy atom. The van der Waals surface area contributed by atoms with Gasteiger partial charge in [0.25, 0.3) is 11.7 Å². The summed E-state index contributed by atoms with van der Waals surface area (Å²) in [6.07, 6.45) is 6.10. The summed E-state index contributed by atoms with van der Waals surface area (Å²) < 4.78 is 83.5. The van der Waals surface area contributed by atoms with Gasteiger partial charge in [-0.1, -0.05) is 64.2 Å². The predicted molar refractivity (Wildman–Crippen MR) is 278 cm³/mol. The molecule has 0 spiro atoms. The van der Waals surface area contributed by atoms with Crippen molar-refractivity contribution in [2.45, 2.75) is 186 Å². The molecule has 0 aromatic rings. The minimum atomic E-state index is -4.46. The largest absolute Gasteiger partial charge is 0.460 e. The average Bonchev–Trinajstić information content (AvgIpc) is 3.41. The zero-order valence-corrected chi connectivity index (χ0v) is 46.5. The first-order chi connectivity index (χ1) is 36.5. The van der Waals surface area contributed by atoms with Gasteiger partial charge in [0.2, 0.25) is 5.79 Å². The Kier molecular flexibility index (Phi) is 27.8. The summed E-state index contributed by atoms with van der Waals surface area (Å²) in [6, 6.07) is -1.22. The summed E-state index contributed by atoms with van der Waals surface area (Å²) in [4.78, 5) is 72.5. The number of hydrogen-bond donors (Lipinski definition) is 3. The van der Waals surface area contributed by atoms with Gasteiger partial charge >= 0.3 is 12.1 Å². The number of halogens is 3. The lowest BCUT2D eigenvalue weighted by molar-refractivity contribution is -0.266. The number of rotatable bonds is 16. The SMILES string of the molecule is CO[C@@H]1C[C@H](C[C@@H](C)[C@@H]2CC(=O)[C@H](C)/C=C(\C)[C@@H](O)[C@@H](OC)C(=O)[C@H](C)CC/C=C/C=C/C=C(\C)[C@@H](OCCOCCOCC(F)(F)F)C[C@@H]3CC[C@@H](C)[C@@](O)(O3)C(=O)C(=O)N3CCCC[C@H]3C(=O)O2)CC[C@H]1OCCO. The third kappa shape index (κ3) is 20.4. The van der Waals surface area contributed by atoms with Crippen LogP contribution in [-0.4, -0.2) is 177 Å². The van der Waals surface area contributed by atoms with Crippen LogP contribution in [0.25, 0.3) is 0 Å². The summed E-state index contributed by atoms with van der Waals surface area (Å²) in [5, 5.41) is 33.0. The highest BCUT2D eigenvalue weighted by Gasteiger charge is 2.53. The molecule has 0 aromatic carbocycles. The normalized spacial score (nSPS) is 35.2. The lowest BCUT2D eigenvalue weighted by Gasteiger charge is -2.43. The van der Waals surface area contributed by atoms with E-state index in [0.29, 0.717) is 63.4 Å². The molecule has 17 nitrogen and oxygen atoms in total. The predicted octanol–water partition coefficient (Wildman–Crippen LogP) is 6.92. The van der Waals surface area contributed by atoms with Crippen LogP contribution in [0.5, 0.6) is 0 Å². The number of alkyl halides is 3. The Labute approximate surface area is 453 Å². The Hall–Kier alpha value is -3.70. The molecule has 3 aliphatic heterocycles. The van der Waals surface area contributed by atoms with Crippen LogP contribution in [0, 0.1) is 29.6 Å². The summed E-state index contributed by atoms with van der Waals surface area (Å²) in [5.41, 5.74) is 1.07. The Balaban J connectivity index is 1.66. The number of fused-ring (bicyclic) bond motifs is 3. The number of carbonyl (C=O) groups is 5. The number of allylic oxidation sites excluding steroid dienone is 6. The van der Waals surface area contributed by atoms with E-state index in [-0.39, 0.29) is 101 Å². The van der Waals surface area contributed by atoms with Crippen molar-refractivity contribution in [1.29, 1.82) is 0 Å². The number of methoxy groups -OCH3 is 2. The lowest BCUT2D eigenvalue weighted by atomic mass is 9.78. The molecule has 0 radical (unpaired) electrons. The van der Waals surface area contributed by atoms with Crippen LogP contribution in [0.15, 0.2) is 47.6 Å². The van der Waals surface area contributed by atoms with E-state index in [1.807, 2.05) is 32.1 Å². The van der Waals surface area contributed by atoms with Gasteiger partial charge in [0.15, 0.2) is 5.78 Å². The van der Waals surface area contributed by atoms with E-state index in [1.165, 1.54) is 7.11 Å². The number of esters is 1. The second-order valence-corrected chi connectivity index (χ2v) is 21.5. The molecule has 14 atom stereocenters. The van der Waals surface area contributed by atoms with E-state index in [9.17, 15) is 52.5 Å². The second-order valence-electron chi connectivity index (χ2n) is 21.5. The summed E-state index contributed by atoms with van der Waals surface area (Å²) >= 11 is 0. The molecule has 2 saturated heterocycles. The van der Waals surface area contributed by atoms with Gasteiger partial charge in [-0.15, -0.1) is 0 Å². The molecular weight excluding hydrogens is 1010 g/mol. The maximum Gasteiger partial charge on any atom is 0.411 e. The van der Waals surface area contributed by atoms with Gasteiger partial charge in [0, 0.05) is 51.4 Å². The van der Waals surface area contributed by atoms with Gasteiger partial charge in [0.05, 0.1) is 64.1 Å². The smallest absolute Gasteiger partial charge is 0.411 e. The first-order valence-corrected chi connectivity index (χ1v) is 27.6. The molecule has 0 aromatic heterocycles. The summed E-state index contributed by atoms with van der Waals surface area (Å²) in [5.74, 6) is -8.69. The second kappa shape index (κ2) is 32.5. The summed E-state index contributed by atoms with van der Waals surface area (Å²) in [6.45, 7) is 8.72. The molecule has 3 N–H and O–H groups in total. The van der Waals surface area contributed by atoms with Crippen LogP contribution >= 0.6 is 0 Å². The van der Waals surface area contributed by atoms with Gasteiger partial charge in [-0.2, -0.15) is 13.2 Å². The van der Waals surface area contributed by atoms with Crippen molar-refractivity contribution in [3.05, 3.63) is 47.6 Å². The number of ether oxygens (including phenoxy) is 8. The molecule has 3 fully saturated rings. The standard InChI is InChI=1S/C57H88F3NO16/c1-36-16-12-10-9-11-13-17-37(2)50(64)52(71-8)51(65)40(5)30-38(3)45(63)34-48(39(4)31-42-20-22-46(74-25-24-62)49(32-42)70-7)76-55(68)44-18-14-15-23-61(44)54(67)53(66)57(69)41(6)19-21-43(77-57)33-47(36)75-29-28-72-26-27-73-35-56(58,59)60/h9-12,16,30,37-39,41-44,46-49,51-52,62,65,69H,13-15,17-29,31-35H2,1-8H3/b11-9+,12-10+,36-16+,40-30+/t37-,38-,39-,41-,42+,43+,44+,46-,47+,48+,49-,51-,52+,57-/m1/s1. The molecule has 1 amide bonds. The quantitative estimate of drug-likeness (QED) is 0.0618. The topological polar surface area (TPSA) is 223 Å². The van der Waals surface area contributed by atoms with E-state index < -0.39 is 90.5 Å². The molecule has 1 saturated carbocycles. The van der Waals surface area contributed by atoms with Crippen molar-refractivity contribution >= 4 is 29.2 Å². The maximum atomic E-state index is 14.6. The fraction of sp³-hybridized carbons (Fsp3) is 0.772. The number of piperidine rings is 1. The first kappa shape index (κ1) is 65.8. The number of ketones is 3. The number of hydrogen-bond acceptors (Lipinski definition) is 16. The molecule has 3 heterocycles. The van der Waals surface area contributed by atoms with Gasteiger partial charge in [-0.05, 0) is 107 Å². The van der Waals surface area contributed by atoms with Crippen LogP contribution in [0.1, 0.15) is 125 Å². The van der Waals surface area contributed by atoms with Gasteiger partial charge in [-0.25, -0.2) is 4.79 Å². The van der Waals surface area contributed by atoms with Crippen molar-refractivity contribution < 1.29 is 90.4 Å². The third-order valence-corrected chi connectivity index (χ3v) is 15.5. The minimum Gasteiger partial charge on any atom is -0.460 e. The molecular formula is C57H88F3NO16. The molecule has 4 rings (SSSR count). The van der Waals surface area contributed by atoms with E-state index >= 15 is 0 Å². The third-order valence-electron chi connectivity index (χ3n) is 15.5. The maximum absolute atomic E-state index is 14.6. The fourth-order valence-electron chi connectivity index (χ4n) is 10.7. The van der Waals surface area contributed by atoms with Crippen molar-refractivity contribution in [3.63, 3.8) is 0 Å². The van der Waals surface area contributed by atoms with Gasteiger partial charge in [-0.3, -0.25) is 19.2 Å². The van der Waals surface area contributed by atoms with Crippen molar-refractivity contribution in [2.24, 2.45) is 29.6 Å². The molecule has 438 valence electrons.